The third-order valence-electron chi connectivity index (χ3n) is 4.34. The summed E-state index contributed by atoms with van der Waals surface area (Å²) in [4.78, 5) is 72.1. The van der Waals surface area contributed by atoms with E-state index in [0.717, 1.165) is 23.4 Å². The van der Waals surface area contributed by atoms with Crippen LogP contribution in [0.1, 0.15) is 33.7 Å². The number of aromatic nitrogens is 2. The molecule has 2 aromatic rings. The topological polar surface area (TPSA) is 170 Å². The first-order valence-electron chi connectivity index (χ1n) is 9.17. The number of benzene rings is 1. The average Bonchev–Trinajstić information content (AvgIpc) is 3.01. The number of imide groups is 1. The van der Waals surface area contributed by atoms with E-state index in [1.165, 1.54) is 0 Å². The van der Waals surface area contributed by atoms with Crippen molar-refractivity contribution in [1.29, 1.82) is 0 Å². The van der Waals surface area contributed by atoms with Crippen molar-refractivity contribution in [3.8, 4) is 5.75 Å². The summed E-state index contributed by atoms with van der Waals surface area (Å²) in [7, 11) is 0. The molecule has 3 rings (SSSR count). The van der Waals surface area contributed by atoms with Crippen molar-refractivity contribution in [3.63, 3.8) is 0 Å². The van der Waals surface area contributed by atoms with Crippen LogP contribution >= 0.6 is 11.8 Å². The van der Waals surface area contributed by atoms with Gasteiger partial charge in [-0.15, -0.1) is 0 Å². The second-order valence-electron chi connectivity index (χ2n) is 6.61. The number of amides is 3. The molecule has 1 saturated heterocycles. The van der Waals surface area contributed by atoms with Crippen LogP contribution < -0.4 is 27.0 Å². The maximum Gasteiger partial charge on any atom is 0.335 e. The molecule has 0 spiro atoms. The van der Waals surface area contributed by atoms with E-state index in [-0.39, 0.29) is 36.3 Å². The van der Waals surface area contributed by atoms with Crippen LogP contribution in [0, 0.1) is 0 Å². The van der Waals surface area contributed by atoms with Gasteiger partial charge in [0.25, 0.3) is 16.7 Å². The Labute approximate surface area is 179 Å². The fourth-order valence-corrected chi connectivity index (χ4v) is 3.75. The van der Waals surface area contributed by atoms with Gasteiger partial charge in [-0.05, 0) is 30.5 Å². The zero-order valence-electron chi connectivity index (χ0n) is 16.1. The number of carbonyl (C=O) groups excluding carboxylic acids is 4. The van der Waals surface area contributed by atoms with Crippen LogP contribution in [0.3, 0.4) is 0 Å². The Morgan fingerprint density at radius 3 is 2.58 bits per heavy atom. The minimum absolute atomic E-state index is 0.137. The summed E-state index contributed by atoms with van der Waals surface area (Å²) >= 11 is 0.942. The molecule has 162 valence electrons. The molecular weight excluding hydrogens is 428 g/mol. The van der Waals surface area contributed by atoms with E-state index in [4.69, 9.17) is 10.5 Å². The number of hydrogen-bond donors (Lipinski definition) is 3. The van der Waals surface area contributed by atoms with Gasteiger partial charge in [0.1, 0.15) is 11.4 Å². The number of carbonyl (C=O) groups is 4. The van der Waals surface area contributed by atoms with E-state index < -0.39 is 28.3 Å². The summed E-state index contributed by atoms with van der Waals surface area (Å²) in [6.45, 7) is 0.137. The molecule has 0 radical (unpaired) electrons. The Kier molecular flexibility index (Phi) is 6.70. The van der Waals surface area contributed by atoms with Gasteiger partial charge in [0, 0.05) is 12.5 Å². The van der Waals surface area contributed by atoms with E-state index in [9.17, 15) is 28.8 Å². The van der Waals surface area contributed by atoms with Gasteiger partial charge in [0.05, 0.1) is 11.9 Å². The zero-order valence-corrected chi connectivity index (χ0v) is 16.9. The summed E-state index contributed by atoms with van der Waals surface area (Å²) < 4.78 is 6.00. The quantitative estimate of drug-likeness (QED) is 0.477. The highest BCUT2D eigenvalue weighted by Gasteiger charge is 2.31. The smallest absolute Gasteiger partial charge is 0.335 e. The molecule has 1 aliphatic heterocycles. The van der Waals surface area contributed by atoms with Gasteiger partial charge in [-0.1, -0.05) is 23.9 Å². The van der Waals surface area contributed by atoms with Crippen molar-refractivity contribution in [3.05, 3.63) is 62.4 Å². The number of aromatic amines is 1. The number of nitrogens with one attached hydrogen (secondary N) is 2. The Hall–Kier alpha value is -3.67. The van der Waals surface area contributed by atoms with E-state index >= 15 is 0 Å². The molecule has 2 heterocycles. The number of nitrogens with zero attached hydrogens (tertiary/aromatic N) is 1. The van der Waals surface area contributed by atoms with E-state index in [0.29, 0.717) is 16.7 Å². The lowest BCUT2D eigenvalue weighted by atomic mass is 10.1. The Morgan fingerprint density at radius 2 is 1.94 bits per heavy atom. The van der Waals surface area contributed by atoms with Gasteiger partial charge < -0.3 is 15.5 Å². The molecule has 1 aromatic heterocycles. The molecule has 1 unspecified atom stereocenters. The molecule has 12 heteroatoms. The van der Waals surface area contributed by atoms with Gasteiger partial charge >= 0.3 is 5.69 Å². The Balaban J connectivity index is 1.53. The number of hydrogen-bond acceptors (Lipinski definition) is 8. The van der Waals surface area contributed by atoms with Gasteiger partial charge in [-0.3, -0.25) is 29.3 Å². The van der Waals surface area contributed by atoms with Crippen LogP contribution in [0.15, 0.2) is 39.9 Å². The molecule has 0 saturated carbocycles. The second kappa shape index (κ2) is 9.43. The molecule has 1 atom stereocenters. The number of ether oxygens (including phenoxy) is 1. The fourth-order valence-electron chi connectivity index (χ4n) is 2.89. The lowest BCUT2D eigenvalue weighted by Gasteiger charge is -2.09. The van der Waals surface area contributed by atoms with Gasteiger partial charge in [0.2, 0.25) is 11.8 Å². The Bertz CT molecular complexity index is 1140. The highest BCUT2D eigenvalue weighted by atomic mass is 32.2. The minimum Gasteiger partial charge on any atom is -0.494 e. The molecule has 4 N–H and O–H groups in total. The monoisotopic (exact) mass is 446 g/mol. The third kappa shape index (κ3) is 5.48. The van der Waals surface area contributed by atoms with E-state index in [1.807, 2.05) is 6.07 Å². The van der Waals surface area contributed by atoms with E-state index in [1.54, 1.807) is 18.2 Å². The molecule has 1 aliphatic rings. The molecule has 1 aromatic carbocycles. The second-order valence-corrected chi connectivity index (χ2v) is 7.78. The predicted octanol–water partition coefficient (Wildman–Crippen LogP) is 0.0290. The number of rotatable bonds is 8. The molecule has 3 amide bonds. The predicted molar refractivity (Wildman–Crippen MR) is 110 cm³/mol. The highest BCUT2D eigenvalue weighted by Crippen LogP contribution is 2.24. The van der Waals surface area contributed by atoms with Crippen LogP contribution in [0.4, 0.5) is 4.79 Å². The summed E-state index contributed by atoms with van der Waals surface area (Å²) in [5.74, 6) is -1.54. The van der Waals surface area contributed by atoms with Crippen LogP contribution in [-0.4, -0.2) is 44.4 Å². The lowest BCUT2D eigenvalue weighted by Crippen LogP contribution is -2.41. The van der Waals surface area contributed by atoms with Crippen LogP contribution in [0.5, 0.6) is 5.75 Å². The standard InChI is InChI=1S/C19H18N4O7S/c20-16(26)12-9-15(25)23(18(28)21-12)14(24)5-2-6-30-11-4-1-3-10(7-11)8-13-17(27)22-19(29)31-13/h1,3-4,7,9,13H,2,5-6,8H2,(H2,20,26)(H,21,28)(H,22,27,29). The molecular formula is C19H18N4O7S. The molecule has 0 bridgehead atoms. The van der Waals surface area contributed by atoms with Crippen LogP contribution in [0.2, 0.25) is 0 Å². The van der Waals surface area contributed by atoms with Crippen molar-refractivity contribution in [2.75, 3.05) is 6.61 Å². The van der Waals surface area contributed by atoms with Gasteiger partial charge in [0.15, 0.2) is 0 Å². The number of primary amides is 1. The maximum absolute atomic E-state index is 12.2. The molecule has 0 aliphatic carbocycles. The molecule has 31 heavy (non-hydrogen) atoms. The van der Waals surface area contributed by atoms with E-state index in [2.05, 4.69) is 10.3 Å². The summed E-state index contributed by atoms with van der Waals surface area (Å²) in [5, 5.41) is 1.38. The Morgan fingerprint density at radius 1 is 1.16 bits per heavy atom. The van der Waals surface area contributed by atoms with Crippen molar-refractivity contribution < 1.29 is 23.9 Å². The van der Waals surface area contributed by atoms with Crippen molar-refractivity contribution >= 4 is 34.7 Å². The van der Waals surface area contributed by atoms with Crippen molar-refractivity contribution in [1.82, 2.24) is 14.9 Å². The first kappa shape index (κ1) is 22.0. The van der Waals surface area contributed by atoms with Gasteiger partial charge in [-0.2, -0.15) is 4.57 Å². The largest absolute Gasteiger partial charge is 0.494 e. The molecule has 1 fully saturated rings. The lowest BCUT2D eigenvalue weighted by molar-refractivity contribution is -0.118. The first-order valence-corrected chi connectivity index (χ1v) is 10.0. The van der Waals surface area contributed by atoms with Crippen molar-refractivity contribution in [2.24, 2.45) is 5.73 Å². The summed E-state index contributed by atoms with van der Waals surface area (Å²) in [5.41, 5.74) is 3.46. The van der Waals surface area contributed by atoms with Gasteiger partial charge in [-0.25, -0.2) is 4.79 Å². The molecule has 11 nitrogen and oxygen atoms in total. The SMILES string of the molecule is NC(=O)c1cc(=O)n(C(=O)CCCOc2cccc(CC3SC(=O)NC3=O)c2)c(=O)[nH]1. The average molecular weight is 446 g/mol. The third-order valence-corrected chi connectivity index (χ3v) is 5.32. The minimum atomic E-state index is -1.03. The number of H-pyrrole nitrogens is 1. The normalized spacial score (nSPS) is 15.5. The summed E-state index contributed by atoms with van der Waals surface area (Å²) in [6.07, 6.45) is 0.451. The number of thioether (sulfide) groups is 1. The zero-order chi connectivity index (χ0) is 22.5. The maximum atomic E-state index is 12.2. The highest BCUT2D eigenvalue weighted by molar-refractivity contribution is 8.15. The van der Waals surface area contributed by atoms with Crippen molar-refractivity contribution in [2.45, 2.75) is 24.5 Å². The van der Waals surface area contributed by atoms with Crippen LogP contribution in [0.25, 0.3) is 0 Å². The number of nitrogens with two attached hydrogens (primary N) is 1. The first-order chi connectivity index (χ1) is 14.7. The van der Waals surface area contributed by atoms with Crippen LogP contribution in [-0.2, 0) is 11.2 Å². The fraction of sp³-hybridized carbons (Fsp3) is 0.263. The summed E-state index contributed by atoms with van der Waals surface area (Å²) in [6, 6.07) is 7.78.